The Labute approximate surface area is 120 Å². The van der Waals surface area contributed by atoms with Crippen LogP contribution in [-0.4, -0.2) is 67.6 Å². The Bertz CT molecular complexity index is 276. The van der Waals surface area contributed by atoms with Gasteiger partial charge < -0.3 is 24.8 Å². The van der Waals surface area contributed by atoms with Crippen molar-refractivity contribution in [1.82, 2.24) is 10.2 Å². The summed E-state index contributed by atoms with van der Waals surface area (Å²) in [5, 5.41) is 11.4. The van der Waals surface area contributed by atoms with E-state index < -0.39 is 18.0 Å². The van der Waals surface area contributed by atoms with E-state index in [0.29, 0.717) is 45.9 Å². The van der Waals surface area contributed by atoms with E-state index in [-0.39, 0.29) is 0 Å². The highest BCUT2D eigenvalue weighted by molar-refractivity contribution is 5.82. The van der Waals surface area contributed by atoms with Gasteiger partial charge in [-0.25, -0.2) is 9.59 Å². The lowest BCUT2D eigenvalue weighted by molar-refractivity contribution is -0.139. The molecule has 1 unspecified atom stereocenters. The molecule has 0 saturated carbocycles. The van der Waals surface area contributed by atoms with Gasteiger partial charge in [0.2, 0.25) is 0 Å². The fourth-order valence-electron chi connectivity index (χ4n) is 1.53. The molecule has 0 aliphatic rings. The van der Waals surface area contributed by atoms with Gasteiger partial charge in [0.15, 0.2) is 0 Å². The van der Waals surface area contributed by atoms with E-state index in [1.165, 1.54) is 4.90 Å². The van der Waals surface area contributed by atoms with Gasteiger partial charge in [0, 0.05) is 26.3 Å². The van der Waals surface area contributed by atoms with Gasteiger partial charge in [0.25, 0.3) is 0 Å². The predicted molar refractivity (Wildman–Crippen MR) is 74.8 cm³/mol. The molecule has 0 bridgehead atoms. The van der Waals surface area contributed by atoms with Crippen molar-refractivity contribution in [3.05, 3.63) is 0 Å². The van der Waals surface area contributed by atoms with Gasteiger partial charge in [-0.05, 0) is 20.3 Å². The van der Waals surface area contributed by atoms with Crippen LogP contribution in [0.2, 0.25) is 0 Å². The Morgan fingerprint density at radius 3 is 1.95 bits per heavy atom. The van der Waals surface area contributed by atoms with Gasteiger partial charge in [-0.2, -0.15) is 0 Å². The standard InChI is InChI=1S/C13H26N2O5/c1-4-11(12(16)17)14-13(18)15(7-9-19-5-2)8-10-20-6-3/h11H,4-10H2,1-3H3,(H,14,18)(H,16,17). The van der Waals surface area contributed by atoms with Crippen LogP contribution in [0.3, 0.4) is 0 Å². The summed E-state index contributed by atoms with van der Waals surface area (Å²) in [6.07, 6.45) is 0.339. The number of carboxylic acid groups (broad SMARTS) is 1. The SMILES string of the molecule is CCOCCN(CCOCC)C(=O)NC(CC)C(=O)O. The van der Waals surface area contributed by atoms with E-state index in [2.05, 4.69) is 5.32 Å². The molecule has 0 fully saturated rings. The minimum atomic E-state index is -1.03. The molecule has 0 heterocycles. The summed E-state index contributed by atoms with van der Waals surface area (Å²) >= 11 is 0. The first-order chi connectivity index (χ1) is 9.56. The van der Waals surface area contributed by atoms with Crippen molar-refractivity contribution in [2.24, 2.45) is 0 Å². The molecular weight excluding hydrogens is 264 g/mol. The Morgan fingerprint density at radius 2 is 1.60 bits per heavy atom. The second-order valence-electron chi connectivity index (χ2n) is 4.13. The molecule has 0 aliphatic carbocycles. The van der Waals surface area contributed by atoms with Crippen LogP contribution in [-0.2, 0) is 14.3 Å². The topological polar surface area (TPSA) is 88.1 Å². The maximum atomic E-state index is 12.0. The molecule has 0 rings (SSSR count). The van der Waals surface area contributed by atoms with Crippen LogP contribution in [0.4, 0.5) is 4.79 Å². The van der Waals surface area contributed by atoms with Gasteiger partial charge >= 0.3 is 12.0 Å². The monoisotopic (exact) mass is 290 g/mol. The third-order valence-corrected chi connectivity index (χ3v) is 2.71. The number of carbonyl (C=O) groups is 2. The number of nitrogens with one attached hydrogen (secondary N) is 1. The van der Waals surface area contributed by atoms with E-state index in [1.54, 1.807) is 6.92 Å². The molecule has 0 aromatic rings. The van der Waals surface area contributed by atoms with E-state index in [1.807, 2.05) is 13.8 Å². The van der Waals surface area contributed by atoms with Crippen LogP contribution < -0.4 is 5.32 Å². The zero-order chi connectivity index (χ0) is 15.4. The van der Waals surface area contributed by atoms with Gasteiger partial charge in [0.1, 0.15) is 6.04 Å². The van der Waals surface area contributed by atoms with Crippen LogP contribution in [0.1, 0.15) is 27.2 Å². The molecule has 0 aromatic carbocycles. The number of urea groups is 1. The third kappa shape index (κ3) is 7.96. The minimum absolute atomic E-state index is 0.339. The molecule has 118 valence electrons. The van der Waals surface area contributed by atoms with Crippen molar-refractivity contribution in [3.63, 3.8) is 0 Å². The summed E-state index contributed by atoms with van der Waals surface area (Å²) in [5.74, 6) is -1.03. The van der Waals surface area contributed by atoms with Crippen molar-refractivity contribution < 1.29 is 24.2 Å². The minimum Gasteiger partial charge on any atom is -0.480 e. The smallest absolute Gasteiger partial charge is 0.326 e. The quantitative estimate of drug-likeness (QED) is 0.553. The number of nitrogens with zero attached hydrogens (tertiary/aromatic N) is 1. The van der Waals surface area contributed by atoms with Crippen LogP contribution >= 0.6 is 0 Å². The first kappa shape index (κ1) is 18.7. The summed E-state index contributed by atoms with van der Waals surface area (Å²) in [4.78, 5) is 24.5. The lowest BCUT2D eigenvalue weighted by atomic mass is 10.2. The molecule has 2 amide bonds. The number of hydrogen-bond acceptors (Lipinski definition) is 4. The number of amides is 2. The summed E-state index contributed by atoms with van der Waals surface area (Å²) in [5.41, 5.74) is 0. The zero-order valence-corrected chi connectivity index (χ0v) is 12.6. The Hall–Kier alpha value is -1.34. The lowest BCUT2D eigenvalue weighted by Gasteiger charge is -2.24. The van der Waals surface area contributed by atoms with Crippen LogP contribution in [0.25, 0.3) is 0 Å². The second kappa shape index (κ2) is 11.5. The molecule has 0 aromatic heterocycles. The van der Waals surface area contributed by atoms with E-state index in [9.17, 15) is 9.59 Å². The second-order valence-corrected chi connectivity index (χ2v) is 4.13. The van der Waals surface area contributed by atoms with Crippen molar-refractivity contribution >= 4 is 12.0 Å². The van der Waals surface area contributed by atoms with Crippen molar-refractivity contribution in [3.8, 4) is 0 Å². The first-order valence-electron chi connectivity index (χ1n) is 7.00. The number of aliphatic carboxylic acids is 1. The number of ether oxygens (including phenoxy) is 2. The number of rotatable bonds is 11. The fraction of sp³-hybridized carbons (Fsp3) is 0.846. The molecule has 20 heavy (non-hydrogen) atoms. The maximum Gasteiger partial charge on any atom is 0.326 e. The van der Waals surface area contributed by atoms with Crippen molar-refractivity contribution in [1.29, 1.82) is 0 Å². The van der Waals surface area contributed by atoms with Gasteiger partial charge in [-0.15, -0.1) is 0 Å². The molecule has 7 heteroatoms. The van der Waals surface area contributed by atoms with E-state index in [4.69, 9.17) is 14.6 Å². The summed E-state index contributed by atoms with van der Waals surface area (Å²) < 4.78 is 10.4. The van der Waals surface area contributed by atoms with Gasteiger partial charge in [-0.1, -0.05) is 6.92 Å². The molecule has 0 saturated heterocycles. The van der Waals surface area contributed by atoms with Crippen LogP contribution in [0.5, 0.6) is 0 Å². The molecule has 1 atom stereocenters. The number of hydrogen-bond donors (Lipinski definition) is 2. The molecule has 0 aliphatic heterocycles. The number of carboxylic acids is 1. The predicted octanol–water partition coefficient (Wildman–Crippen LogP) is 0.934. The highest BCUT2D eigenvalue weighted by Gasteiger charge is 2.21. The first-order valence-corrected chi connectivity index (χ1v) is 7.00. The highest BCUT2D eigenvalue weighted by atomic mass is 16.5. The Balaban J connectivity index is 4.39. The van der Waals surface area contributed by atoms with Crippen LogP contribution in [0.15, 0.2) is 0 Å². The summed E-state index contributed by atoms with van der Waals surface area (Å²) in [7, 11) is 0. The molecule has 0 radical (unpaired) electrons. The number of carbonyl (C=O) groups excluding carboxylic acids is 1. The average molecular weight is 290 g/mol. The molecule has 2 N–H and O–H groups in total. The lowest BCUT2D eigenvalue weighted by Crippen LogP contribution is -2.49. The highest BCUT2D eigenvalue weighted by Crippen LogP contribution is 1.97. The third-order valence-electron chi connectivity index (χ3n) is 2.71. The Kier molecular flexibility index (Phi) is 10.7. The average Bonchev–Trinajstić information content (AvgIpc) is 2.42. The maximum absolute atomic E-state index is 12.0. The summed E-state index contributed by atoms with van der Waals surface area (Å²) in [6, 6.07) is -1.28. The normalized spacial score (nSPS) is 11.9. The van der Waals surface area contributed by atoms with Crippen molar-refractivity contribution in [2.45, 2.75) is 33.2 Å². The summed E-state index contributed by atoms with van der Waals surface area (Å²) in [6.45, 7) is 8.26. The molecule has 0 spiro atoms. The Morgan fingerprint density at radius 1 is 1.10 bits per heavy atom. The van der Waals surface area contributed by atoms with Crippen molar-refractivity contribution in [2.75, 3.05) is 39.5 Å². The molecular formula is C13H26N2O5. The fourth-order valence-corrected chi connectivity index (χ4v) is 1.53. The van der Waals surface area contributed by atoms with E-state index >= 15 is 0 Å². The zero-order valence-electron chi connectivity index (χ0n) is 12.6. The van der Waals surface area contributed by atoms with E-state index in [0.717, 1.165) is 0 Å². The molecule has 7 nitrogen and oxygen atoms in total. The largest absolute Gasteiger partial charge is 0.480 e. The van der Waals surface area contributed by atoms with Gasteiger partial charge in [-0.3, -0.25) is 0 Å². The van der Waals surface area contributed by atoms with Gasteiger partial charge in [0.05, 0.1) is 13.2 Å². The van der Waals surface area contributed by atoms with Crippen LogP contribution in [0, 0.1) is 0 Å².